The fraction of sp³-hybridized carbons (Fsp3) is 0. The van der Waals surface area contributed by atoms with Crippen LogP contribution in [0.3, 0.4) is 0 Å². The van der Waals surface area contributed by atoms with Gasteiger partial charge in [-0.25, -0.2) is 9.97 Å². The van der Waals surface area contributed by atoms with Crippen LogP contribution in [-0.4, -0.2) is 19.4 Å². The normalized spacial score (nSPS) is 12.3. The molecule has 2 aliphatic rings. The Morgan fingerprint density at radius 2 is 0.816 bits per heavy atom. The number of rotatable bonds is 4. The molecule has 0 atom stereocenters. The van der Waals surface area contributed by atoms with E-state index in [0.29, 0.717) is 0 Å². The first kappa shape index (κ1) is 27.5. The minimum atomic E-state index is 0.857. The monoisotopic (exact) mass is 623 g/mol. The van der Waals surface area contributed by atoms with Crippen molar-refractivity contribution in [1.82, 2.24) is 19.4 Å². The highest BCUT2D eigenvalue weighted by molar-refractivity contribution is 6.14. The number of pyridine rings is 1. The molecular formula is C45H27N4-. The minimum Gasteiger partial charge on any atom is -0.410 e. The third kappa shape index (κ3) is 4.35. The van der Waals surface area contributed by atoms with E-state index in [1.165, 1.54) is 0 Å². The van der Waals surface area contributed by atoms with Crippen LogP contribution >= 0.6 is 0 Å². The van der Waals surface area contributed by atoms with Crippen LogP contribution in [-0.2, 0) is 0 Å². The van der Waals surface area contributed by atoms with Gasteiger partial charge in [-0.15, -0.1) is 0 Å². The van der Waals surface area contributed by atoms with E-state index in [-0.39, 0.29) is 0 Å². The third-order valence-electron chi connectivity index (χ3n) is 9.51. The summed E-state index contributed by atoms with van der Waals surface area (Å²) in [7, 11) is 0. The number of hydrogen-bond donors (Lipinski definition) is 0. The van der Waals surface area contributed by atoms with E-state index in [0.717, 1.165) is 94.6 Å². The van der Waals surface area contributed by atoms with Crippen molar-refractivity contribution in [1.29, 1.82) is 0 Å². The Labute approximate surface area is 283 Å². The highest BCUT2D eigenvalue weighted by atomic mass is 14.9. The van der Waals surface area contributed by atoms with Crippen LogP contribution in [0.5, 0.6) is 0 Å². The van der Waals surface area contributed by atoms with Gasteiger partial charge < -0.3 is 9.38 Å². The van der Waals surface area contributed by atoms with Gasteiger partial charge >= 0.3 is 0 Å². The van der Waals surface area contributed by atoms with Crippen LogP contribution in [0.25, 0.3) is 96.1 Å². The molecule has 2 aliphatic heterocycles. The second-order valence-electron chi connectivity index (χ2n) is 12.3. The van der Waals surface area contributed by atoms with E-state index < -0.39 is 0 Å². The lowest BCUT2D eigenvalue weighted by Gasteiger charge is -2.17. The fourth-order valence-corrected chi connectivity index (χ4v) is 7.34. The van der Waals surface area contributed by atoms with Crippen LogP contribution in [0.4, 0.5) is 0 Å². The van der Waals surface area contributed by atoms with E-state index >= 15 is 0 Å². The minimum absolute atomic E-state index is 0.857. The summed E-state index contributed by atoms with van der Waals surface area (Å²) in [4.78, 5) is 15.9. The molecule has 6 heterocycles. The molecule has 0 radical (unpaired) electrons. The fourth-order valence-electron chi connectivity index (χ4n) is 7.34. The lowest BCUT2D eigenvalue weighted by molar-refractivity contribution is 1.25. The van der Waals surface area contributed by atoms with E-state index in [9.17, 15) is 0 Å². The average molecular weight is 624 g/mol. The van der Waals surface area contributed by atoms with Gasteiger partial charge in [-0.3, -0.25) is 0 Å². The molecule has 0 unspecified atom stereocenters. The van der Waals surface area contributed by atoms with Gasteiger partial charge in [0.05, 0.1) is 22.8 Å². The predicted molar refractivity (Wildman–Crippen MR) is 202 cm³/mol. The smallest absolute Gasteiger partial charge is 0.0737 e. The summed E-state index contributed by atoms with van der Waals surface area (Å²) >= 11 is 0. The number of fused-ring (bicyclic) bond motifs is 4. The Balaban J connectivity index is 1.48. The molecular weight excluding hydrogens is 597 g/mol. The molecule has 4 aromatic heterocycles. The van der Waals surface area contributed by atoms with Crippen LogP contribution in [0.15, 0.2) is 140 Å². The number of aromatic nitrogens is 4. The molecule has 228 valence electrons. The SMILES string of the molecule is [c-]1c2c3cnc2c(-c2ccccc2)c2nc(c(-c4ccccc4)c4nc(c(-c5ccccc5)c5ccc(c3-c3ccccc3)n15)C=C4)C=C2. The quantitative estimate of drug-likeness (QED) is 0.183. The molecule has 0 amide bonds. The van der Waals surface area contributed by atoms with Crippen molar-refractivity contribution >= 4 is 51.6 Å². The summed E-state index contributed by atoms with van der Waals surface area (Å²) in [5.74, 6) is 0. The van der Waals surface area contributed by atoms with Crippen molar-refractivity contribution in [2.24, 2.45) is 0 Å². The maximum atomic E-state index is 5.38. The summed E-state index contributed by atoms with van der Waals surface area (Å²) in [5.41, 5.74) is 14.9. The largest absolute Gasteiger partial charge is 0.410 e. The molecule has 49 heavy (non-hydrogen) atoms. The van der Waals surface area contributed by atoms with Crippen LogP contribution in [0.1, 0.15) is 22.8 Å². The van der Waals surface area contributed by atoms with E-state index in [1.807, 2.05) is 18.3 Å². The van der Waals surface area contributed by atoms with E-state index in [4.69, 9.17) is 15.0 Å². The van der Waals surface area contributed by atoms with Crippen LogP contribution in [0, 0.1) is 6.20 Å². The zero-order chi connectivity index (χ0) is 32.3. The van der Waals surface area contributed by atoms with Gasteiger partial charge in [0.2, 0.25) is 0 Å². The highest BCUT2D eigenvalue weighted by Crippen LogP contribution is 2.42. The molecule has 6 bridgehead atoms. The Hall–Kier alpha value is -6.65. The molecule has 4 nitrogen and oxygen atoms in total. The number of benzene rings is 4. The van der Waals surface area contributed by atoms with E-state index in [2.05, 4.69) is 156 Å². The van der Waals surface area contributed by atoms with Crippen molar-refractivity contribution in [3.8, 4) is 44.5 Å². The molecule has 0 saturated heterocycles. The average Bonchev–Trinajstić information content (AvgIpc) is 3.99. The topological polar surface area (TPSA) is 43.1 Å². The molecule has 10 rings (SSSR count). The maximum Gasteiger partial charge on any atom is 0.0737 e. The molecule has 0 spiro atoms. The molecule has 0 N–H and O–H groups in total. The predicted octanol–water partition coefficient (Wildman–Crippen LogP) is 11.0. The Bertz CT molecular complexity index is 2580. The Morgan fingerprint density at radius 1 is 0.408 bits per heavy atom. The first-order valence-corrected chi connectivity index (χ1v) is 16.5. The zero-order valence-electron chi connectivity index (χ0n) is 26.4. The molecule has 0 aliphatic carbocycles. The standard InChI is InChI=1S/C45H27N4/c1-5-13-29(14-6-1)41-33-27-46-45-34(33)28-49-39(41)25-26-40(49)43(31-17-9-3-10-18-31)37-23-21-35(47-37)42(30-15-7-2-8-16-30)36-22-24-38(48-36)44(45)32-19-11-4-12-20-32/h1-27H/q-1. The molecule has 0 saturated carbocycles. The summed E-state index contributed by atoms with van der Waals surface area (Å²) in [6.45, 7) is 0. The van der Waals surface area contributed by atoms with Gasteiger partial charge in [0, 0.05) is 11.1 Å². The molecule has 4 heteroatoms. The number of hydrogen-bond acceptors (Lipinski definition) is 3. The van der Waals surface area contributed by atoms with Gasteiger partial charge in [-0.1, -0.05) is 150 Å². The maximum absolute atomic E-state index is 5.38. The second-order valence-corrected chi connectivity index (χ2v) is 12.3. The van der Waals surface area contributed by atoms with Crippen LogP contribution < -0.4 is 0 Å². The van der Waals surface area contributed by atoms with Crippen molar-refractivity contribution in [2.45, 2.75) is 0 Å². The summed E-state index contributed by atoms with van der Waals surface area (Å²) in [6.07, 6.45) is 14.4. The molecule has 4 aromatic carbocycles. The summed E-state index contributed by atoms with van der Waals surface area (Å²) in [6, 6.07) is 46.5. The summed E-state index contributed by atoms with van der Waals surface area (Å²) in [5, 5.41) is 2.00. The highest BCUT2D eigenvalue weighted by Gasteiger charge is 2.19. The third-order valence-corrected chi connectivity index (χ3v) is 9.51. The first-order valence-electron chi connectivity index (χ1n) is 16.5. The van der Waals surface area contributed by atoms with Gasteiger partial charge in [-0.2, -0.15) is 0 Å². The molecule has 0 fully saturated rings. The zero-order valence-corrected chi connectivity index (χ0v) is 26.4. The Morgan fingerprint density at radius 3 is 1.35 bits per heavy atom. The van der Waals surface area contributed by atoms with Crippen molar-refractivity contribution < 1.29 is 0 Å². The molecule has 8 aromatic rings. The van der Waals surface area contributed by atoms with Crippen molar-refractivity contribution in [3.05, 3.63) is 169 Å². The first-order chi connectivity index (χ1) is 24.3. The van der Waals surface area contributed by atoms with Gasteiger partial charge in [0.25, 0.3) is 0 Å². The summed E-state index contributed by atoms with van der Waals surface area (Å²) < 4.78 is 2.21. The lowest BCUT2D eigenvalue weighted by Crippen LogP contribution is -1.94. The lowest BCUT2D eigenvalue weighted by atomic mass is 9.98. The van der Waals surface area contributed by atoms with Gasteiger partial charge in [0.15, 0.2) is 0 Å². The van der Waals surface area contributed by atoms with Crippen molar-refractivity contribution in [2.75, 3.05) is 0 Å². The second kappa shape index (κ2) is 11.0. The van der Waals surface area contributed by atoms with Crippen LogP contribution in [0.2, 0.25) is 0 Å². The number of nitrogens with zero attached hydrogens (tertiary/aromatic N) is 4. The Kier molecular flexibility index (Phi) is 6.15. The van der Waals surface area contributed by atoms with Crippen molar-refractivity contribution in [3.63, 3.8) is 0 Å². The van der Waals surface area contributed by atoms with Gasteiger partial charge in [0.1, 0.15) is 0 Å². The van der Waals surface area contributed by atoms with Gasteiger partial charge in [-0.05, 0) is 81.1 Å². The van der Waals surface area contributed by atoms with E-state index in [1.54, 1.807) is 0 Å².